The van der Waals surface area contributed by atoms with Crippen LogP contribution in [0.1, 0.15) is 53.1 Å². The van der Waals surface area contributed by atoms with E-state index >= 15 is 8.78 Å². The van der Waals surface area contributed by atoms with Crippen LogP contribution in [-0.4, -0.2) is 69.2 Å². The van der Waals surface area contributed by atoms with Gasteiger partial charge in [0.05, 0.1) is 40.7 Å². The summed E-state index contributed by atoms with van der Waals surface area (Å²) < 4.78 is 123. The number of nitrogens with zero attached hydrogens (tertiary/aromatic N) is 6. The second-order valence-corrected chi connectivity index (χ2v) is 16.8. The number of alkyl halides is 4. The third kappa shape index (κ3) is 7.02. The molecule has 3 unspecified atom stereocenters. The number of rotatable bonds is 11. The molecule has 3 aliphatic rings. The summed E-state index contributed by atoms with van der Waals surface area (Å²) in [6, 6.07) is 14.8. The van der Waals surface area contributed by atoms with Crippen molar-refractivity contribution in [2.24, 2.45) is 5.92 Å². The summed E-state index contributed by atoms with van der Waals surface area (Å²) in [6.45, 7) is -0.255. The van der Waals surface area contributed by atoms with Crippen molar-refractivity contribution in [1.82, 2.24) is 33.9 Å². The Morgan fingerprint density at radius 1 is 0.933 bits per heavy atom. The van der Waals surface area contributed by atoms with Crippen molar-refractivity contribution >= 4 is 26.8 Å². The number of halogens is 6. The molecule has 3 aromatic heterocycles. The van der Waals surface area contributed by atoms with E-state index in [0.717, 1.165) is 22.3 Å². The molecule has 0 bridgehead atoms. The van der Waals surface area contributed by atoms with Gasteiger partial charge in [-0.15, -0.1) is 0 Å². The van der Waals surface area contributed by atoms with Gasteiger partial charge in [-0.1, -0.05) is 6.07 Å². The molecule has 1 aliphatic heterocycles. The third-order valence-corrected chi connectivity index (χ3v) is 13.0. The van der Waals surface area contributed by atoms with E-state index < -0.39 is 87.7 Å². The van der Waals surface area contributed by atoms with E-state index in [1.807, 2.05) is 0 Å². The summed E-state index contributed by atoms with van der Waals surface area (Å²) in [6.07, 6.45) is -0.441. The molecule has 6 aromatic rings. The smallest absolute Gasteiger partial charge is 0.293 e. The van der Waals surface area contributed by atoms with Crippen LogP contribution < -0.4 is 10.9 Å². The molecule has 0 radical (unpaired) electrons. The molecule has 2 fully saturated rings. The van der Waals surface area contributed by atoms with Crippen LogP contribution in [0, 0.1) is 17.6 Å². The Morgan fingerprint density at radius 3 is 2.32 bits per heavy atom. The van der Waals surface area contributed by atoms with E-state index in [1.165, 1.54) is 34.6 Å². The van der Waals surface area contributed by atoms with E-state index in [1.54, 1.807) is 36.7 Å². The zero-order chi connectivity index (χ0) is 42.1. The number of sulfonamides is 1. The molecule has 310 valence electrons. The predicted molar refractivity (Wildman–Crippen MR) is 203 cm³/mol. The number of amides is 1. The monoisotopic (exact) mass is 849 g/mol. The minimum atomic E-state index is -3.97. The molecule has 3 aromatic carbocycles. The van der Waals surface area contributed by atoms with Gasteiger partial charge in [-0.2, -0.15) is 18.2 Å². The first-order valence-electron chi connectivity index (χ1n) is 18.9. The second kappa shape index (κ2) is 15.0. The fourth-order valence-electron chi connectivity index (χ4n) is 8.24. The fraction of sp³-hybridized carbons (Fsp3) is 0.293. The van der Waals surface area contributed by atoms with Crippen molar-refractivity contribution < 1.29 is 44.3 Å². The molecule has 60 heavy (non-hydrogen) atoms. The normalized spacial score (nSPS) is 19.0. The number of pyridine rings is 1. The fourth-order valence-corrected chi connectivity index (χ4v) is 9.65. The van der Waals surface area contributed by atoms with E-state index in [-0.39, 0.29) is 71.2 Å². The lowest BCUT2D eigenvalue weighted by Crippen LogP contribution is -2.40. The van der Waals surface area contributed by atoms with E-state index in [2.05, 4.69) is 15.4 Å². The van der Waals surface area contributed by atoms with Crippen LogP contribution in [0.15, 0.2) is 94.9 Å². The first-order valence-corrected chi connectivity index (χ1v) is 20.3. The van der Waals surface area contributed by atoms with Crippen LogP contribution in [0.5, 0.6) is 0 Å². The average Bonchev–Trinajstić information content (AvgIpc) is 3.89. The number of morpholine rings is 1. The highest BCUT2D eigenvalue weighted by Gasteiger charge is 2.67. The molecule has 19 heteroatoms. The first kappa shape index (κ1) is 39.5. The number of nitrogens with one attached hydrogen (secondary N) is 1. The number of carbonyl (C=O) groups excluding carboxylic acids is 1. The number of ether oxygens (including phenoxy) is 1. The maximum absolute atomic E-state index is 15.4. The quantitative estimate of drug-likeness (QED) is 0.152. The van der Waals surface area contributed by atoms with Crippen LogP contribution in [0.3, 0.4) is 0 Å². The largest absolute Gasteiger partial charge is 0.379 e. The Balaban J connectivity index is 1.17. The van der Waals surface area contributed by atoms with Crippen LogP contribution in [0.4, 0.5) is 26.3 Å². The Labute approximate surface area is 337 Å². The molecule has 3 atom stereocenters. The van der Waals surface area contributed by atoms with Crippen LogP contribution in [0.2, 0.25) is 0 Å². The molecule has 1 saturated carbocycles. The van der Waals surface area contributed by atoms with Gasteiger partial charge in [0, 0.05) is 49.5 Å². The topological polar surface area (TPSA) is 141 Å². The van der Waals surface area contributed by atoms with E-state index in [9.17, 15) is 35.6 Å². The minimum Gasteiger partial charge on any atom is -0.379 e. The molecule has 1 amide bonds. The summed E-state index contributed by atoms with van der Waals surface area (Å²) in [7, 11) is -3.97. The van der Waals surface area contributed by atoms with Gasteiger partial charge in [0.25, 0.3) is 17.9 Å². The van der Waals surface area contributed by atoms with Gasteiger partial charge in [0.15, 0.2) is 0 Å². The van der Waals surface area contributed by atoms with Crippen LogP contribution in [-0.2, 0) is 38.4 Å². The summed E-state index contributed by atoms with van der Waals surface area (Å²) in [4.78, 5) is 37.4. The zero-order valence-corrected chi connectivity index (χ0v) is 32.1. The predicted octanol–water partition coefficient (Wildman–Crippen LogP) is 6.19. The highest BCUT2D eigenvalue weighted by Crippen LogP contribution is 2.68. The van der Waals surface area contributed by atoms with Crippen molar-refractivity contribution in [3.05, 3.63) is 136 Å². The van der Waals surface area contributed by atoms with Crippen molar-refractivity contribution in [3.63, 3.8) is 0 Å². The Bertz CT molecular complexity index is 2810. The molecular formula is C41H33F6N7O5S. The Hall–Kier alpha value is -5.92. The maximum Gasteiger partial charge on any atom is 0.293 e. The highest BCUT2D eigenvalue weighted by molar-refractivity contribution is 7.89. The van der Waals surface area contributed by atoms with Gasteiger partial charge in [-0.3, -0.25) is 23.8 Å². The molecular weight excluding hydrogens is 817 g/mol. The van der Waals surface area contributed by atoms with Crippen molar-refractivity contribution in [2.75, 3.05) is 26.3 Å². The van der Waals surface area contributed by atoms with Gasteiger partial charge in [-0.25, -0.2) is 31.0 Å². The molecule has 1 saturated heterocycles. The number of benzene rings is 3. The molecule has 0 spiro atoms. The standard InChI is InChI=1S/C41H33F6N7O5S/c42-25-15-22(16-26(43)19-25)17-33(49-34(55)21-53-37-35(36(51-53)38(44)45)30-20-31(30)41(37,46)47)39-50-32-18-24(23-7-9-48-10-8-23)1-6-29(32)40(56)54(39)27-2-4-28(5-3-27)60(57,58)52-11-13-59-14-12-52/h1-10,15-16,18-19,30-31,33,38H,11-14,17,20-21H2,(H,49,55). The lowest BCUT2D eigenvalue weighted by Gasteiger charge is -2.26. The zero-order valence-electron chi connectivity index (χ0n) is 31.2. The second-order valence-electron chi connectivity index (χ2n) is 14.9. The molecule has 12 nitrogen and oxygen atoms in total. The summed E-state index contributed by atoms with van der Waals surface area (Å²) >= 11 is 0. The lowest BCUT2D eigenvalue weighted by molar-refractivity contribution is -0.123. The number of aromatic nitrogens is 5. The maximum atomic E-state index is 15.4. The average molecular weight is 850 g/mol. The molecule has 1 N–H and O–H groups in total. The van der Waals surface area contributed by atoms with Gasteiger partial charge in [0.1, 0.15) is 35.4 Å². The number of hydrogen-bond acceptors (Lipinski definition) is 8. The molecule has 9 rings (SSSR count). The van der Waals surface area contributed by atoms with Gasteiger partial charge < -0.3 is 10.1 Å². The van der Waals surface area contributed by atoms with E-state index in [0.29, 0.717) is 16.3 Å². The van der Waals surface area contributed by atoms with E-state index in [4.69, 9.17) is 9.72 Å². The number of hydrogen-bond donors (Lipinski definition) is 1. The molecule has 4 heterocycles. The van der Waals surface area contributed by atoms with Crippen LogP contribution in [0.25, 0.3) is 27.7 Å². The summed E-state index contributed by atoms with van der Waals surface area (Å²) in [5.74, 6) is -8.63. The van der Waals surface area contributed by atoms with Crippen LogP contribution >= 0.6 is 0 Å². The third-order valence-electron chi connectivity index (χ3n) is 11.1. The van der Waals surface area contributed by atoms with Crippen molar-refractivity contribution in [1.29, 1.82) is 0 Å². The van der Waals surface area contributed by atoms with Gasteiger partial charge in [0.2, 0.25) is 15.9 Å². The molecule has 2 aliphatic carbocycles. The van der Waals surface area contributed by atoms with Crippen molar-refractivity contribution in [3.8, 4) is 16.8 Å². The van der Waals surface area contributed by atoms with Gasteiger partial charge in [-0.05, 0) is 89.7 Å². The SMILES string of the molecule is O=C(Cn1nc(C(F)F)c2c1C(F)(F)C1CC21)NC(Cc1cc(F)cc(F)c1)c1nc2cc(-c3ccncc3)ccc2c(=O)n1-c1ccc(S(=O)(=O)N2CCOCC2)cc1. The number of fused-ring (bicyclic) bond motifs is 4. The minimum absolute atomic E-state index is 0.00257. The Morgan fingerprint density at radius 2 is 1.63 bits per heavy atom. The Kier molecular flexibility index (Phi) is 9.86. The summed E-state index contributed by atoms with van der Waals surface area (Å²) in [5, 5.41) is 6.50. The first-order chi connectivity index (χ1) is 28.7. The van der Waals surface area contributed by atoms with Crippen molar-refractivity contribution in [2.45, 2.75) is 48.6 Å². The highest BCUT2D eigenvalue weighted by atomic mass is 32.2. The lowest BCUT2D eigenvalue weighted by atomic mass is 10.0. The number of carbonyl (C=O) groups is 1. The summed E-state index contributed by atoms with van der Waals surface area (Å²) in [5.41, 5.74) is -0.946. The van der Waals surface area contributed by atoms with Gasteiger partial charge >= 0.3 is 0 Å².